The quantitative estimate of drug-likeness (QED) is 0.765. The van der Waals surface area contributed by atoms with E-state index in [1.54, 1.807) is 23.8 Å². The van der Waals surface area contributed by atoms with E-state index in [0.717, 1.165) is 6.42 Å². The number of hydrogen-bond donors (Lipinski definition) is 1. The number of likely N-dealkylation sites (tertiary alicyclic amines) is 1. The van der Waals surface area contributed by atoms with Gasteiger partial charge in [-0.05, 0) is 26.7 Å². The van der Waals surface area contributed by atoms with Crippen molar-refractivity contribution in [2.75, 3.05) is 39.9 Å². The molecule has 6 nitrogen and oxygen atoms in total. The first kappa shape index (κ1) is 15.8. The van der Waals surface area contributed by atoms with Crippen LogP contribution in [-0.2, 0) is 9.53 Å². The van der Waals surface area contributed by atoms with Gasteiger partial charge in [-0.2, -0.15) is 0 Å². The van der Waals surface area contributed by atoms with E-state index in [1.807, 2.05) is 6.92 Å². The topological polar surface area (TPSA) is 70.1 Å². The highest BCUT2D eigenvalue weighted by atomic mass is 16.5. The second kappa shape index (κ2) is 6.75. The van der Waals surface area contributed by atoms with Crippen molar-refractivity contribution in [1.29, 1.82) is 0 Å². The zero-order chi connectivity index (χ0) is 14.5. The molecule has 1 fully saturated rings. The van der Waals surface area contributed by atoms with Crippen LogP contribution in [0, 0.1) is 5.41 Å². The number of carboxylic acids is 1. The van der Waals surface area contributed by atoms with Gasteiger partial charge in [0, 0.05) is 33.3 Å². The third kappa shape index (κ3) is 4.09. The van der Waals surface area contributed by atoms with Gasteiger partial charge in [-0.1, -0.05) is 0 Å². The number of carboxylic acid groups (broad SMARTS) is 1. The molecule has 1 saturated heterocycles. The number of likely N-dealkylation sites (N-methyl/N-ethyl adjacent to an activating group) is 1. The fourth-order valence-electron chi connectivity index (χ4n) is 2.26. The van der Waals surface area contributed by atoms with Gasteiger partial charge in [0.05, 0.1) is 12.0 Å². The van der Waals surface area contributed by atoms with Gasteiger partial charge in [-0.25, -0.2) is 4.79 Å². The Balaban J connectivity index is 2.54. The van der Waals surface area contributed by atoms with Crippen LogP contribution in [0.25, 0.3) is 0 Å². The number of ether oxygens (including phenoxy) is 1. The van der Waals surface area contributed by atoms with Crippen molar-refractivity contribution in [3.63, 3.8) is 0 Å². The fraction of sp³-hybridized carbons (Fsp3) is 0.846. The van der Waals surface area contributed by atoms with Crippen LogP contribution in [0.3, 0.4) is 0 Å². The van der Waals surface area contributed by atoms with Crippen LogP contribution in [0.5, 0.6) is 0 Å². The first-order valence-corrected chi connectivity index (χ1v) is 6.72. The number of aliphatic carboxylic acids is 1. The molecule has 1 N–H and O–H groups in total. The van der Waals surface area contributed by atoms with Crippen molar-refractivity contribution in [2.45, 2.75) is 26.7 Å². The molecule has 0 aromatic heterocycles. The van der Waals surface area contributed by atoms with Gasteiger partial charge >= 0.3 is 12.0 Å². The lowest BCUT2D eigenvalue weighted by Crippen LogP contribution is -2.52. The minimum Gasteiger partial charge on any atom is -0.481 e. The highest BCUT2D eigenvalue weighted by Gasteiger charge is 2.39. The lowest BCUT2D eigenvalue weighted by Gasteiger charge is -2.39. The van der Waals surface area contributed by atoms with E-state index in [-0.39, 0.29) is 12.6 Å². The van der Waals surface area contributed by atoms with Gasteiger partial charge < -0.3 is 19.6 Å². The van der Waals surface area contributed by atoms with Crippen molar-refractivity contribution in [3.8, 4) is 0 Å². The number of amides is 2. The summed E-state index contributed by atoms with van der Waals surface area (Å²) in [5.41, 5.74) is -0.825. The highest BCUT2D eigenvalue weighted by Crippen LogP contribution is 2.30. The third-order valence-corrected chi connectivity index (χ3v) is 3.58. The Hall–Kier alpha value is -1.30. The van der Waals surface area contributed by atoms with E-state index < -0.39 is 11.4 Å². The molecule has 1 heterocycles. The van der Waals surface area contributed by atoms with Crippen LogP contribution >= 0.6 is 0 Å². The Morgan fingerprint density at radius 2 is 2.16 bits per heavy atom. The van der Waals surface area contributed by atoms with E-state index in [0.29, 0.717) is 32.7 Å². The lowest BCUT2D eigenvalue weighted by molar-refractivity contribution is -0.150. The van der Waals surface area contributed by atoms with Gasteiger partial charge in [0.15, 0.2) is 0 Å². The van der Waals surface area contributed by atoms with E-state index in [2.05, 4.69) is 0 Å². The largest absolute Gasteiger partial charge is 0.481 e. The van der Waals surface area contributed by atoms with E-state index in [4.69, 9.17) is 4.74 Å². The minimum atomic E-state index is -0.832. The normalized spacial score (nSPS) is 23.2. The van der Waals surface area contributed by atoms with Crippen LogP contribution in [0.15, 0.2) is 0 Å². The van der Waals surface area contributed by atoms with Gasteiger partial charge in [-0.3, -0.25) is 4.79 Å². The second-order valence-electron chi connectivity index (χ2n) is 5.29. The Morgan fingerprint density at radius 1 is 1.47 bits per heavy atom. The highest BCUT2D eigenvalue weighted by molar-refractivity contribution is 5.78. The number of piperidine rings is 1. The Labute approximate surface area is 114 Å². The predicted molar refractivity (Wildman–Crippen MR) is 71.1 cm³/mol. The monoisotopic (exact) mass is 272 g/mol. The molecule has 110 valence electrons. The van der Waals surface area contributed by atoms with Crippen molar-refractivity contribution in [3.05, 3.63) is 0 Å². The SMILES string of the molecule is CCOCCN(C)C(=O)N1CCCC(C)(C(=O)O)C1. The molecule has 0 aliphatic carbocycles. The standard InChI is InChI=1S/C13H24N2O4/c1-4-19-9-8-14(3)12(18)15-7-5-6-13(2,10-15)11(16)17/h4-10H2,1-3H3,(H,16,17). The molecule has 0 bridgehead atoms. The van der Waals surface area contributed by atoms with Gasteiger partial charge in [0.2, 0.25) is 0 Å². The van der Waals surface area contributed by atoms with Crippen LogP contribution in [-0.4, -0.2) is 66.8 Å². The third-order valence-electron chi connectivity index (χ3n) is 3.58. The van der Waals surface area contributed by atoms with Crippen molar-refractivity contribution < 1.29 is 19.4 Å². The maximum atomic E-state index is 12.2. The van der Waals surface area contributed by atoms with Crippen LogP contribution in [0.2, 0.25) is 0 Å². The van der Waals surface area contributed by atoms with Crippen molar-refractivity contribution in [2.24, 2.45) is 5.41 Å². The summed E-state index contributed by atoms with van der Waals surface area (Å²) < 4.78 is 5.21. The number of rotatable bonds is 5. The Bertz CT molecular complexity index is 335. The minimum absolute atomic E-state index is 0.119. The second-order valence-corrected chi connectivity index (χ2v) is 5.29. The number of hydrogen-bond acceptors (Lipinski definition) is 3. The molecule has 6 heteroatoms. The number of urea groups is 1. The molecule has 1 aliphatic heterocycles. The zero-order valence-corrected chi connectivity index (χ0v) is 12.0. The van der Waals surface area contributed by atoms with Crippen LogP contribution in [0.1, 0.15) is 26.7 Å². The molecule has 0 aromatic rings. The van der Waals surface area contributed by atoms with E-state index >= 15 is 0 Å². The van der Waals surface area contributed by atoms with E-state index in [1.165, 1.54) is 0 Å². The molecule has 0 radical (unpaired) electrons. The van der Waals surface area contributed by atoms with E-state index in [9.17, 15) is 14.7 Å². The molecule has 0 spiro atoms. The van der Waals surface area contributed by atoms with Crippen LogP contribution < -0.4 is 0 Å². The first-order chi connectivity index (χ1) is 8.90. The molecule has 0 aromatic carbocycles. The number of carbonyl (C=O) groups excluding carboxylic acids is 1. The molecule has 1 aliphatic rings. The van der Waals surface area contributed by atoms with Crippen molar-refractivity contribution in [1.82, 2.24) is 9.80 Å². The maximum Gasteiger partial charge on any atom is 0.319 e. The lowest BCUT2D eigenvalue weighted by atomic mass is 9.82. The molecule has 1 atom stereocenters. The van der Waals surface area contributed by atoms with Gasteiger partial charge in [0.1, 0.15) is 0 Å². The van der Waals surface area contributed by atoms with Gasteiger partial charge in [0.25, 0.3) is 0 Å². The summed E-state index contributed by atoms with van der Waals surface area (Å²) in [7, 11) is 1.72. The summed E-state index contributed by atoms with van der Waals surface area (Å²) in [4.78, 5) is 26.7. The molecule has 2 amide bonds. The summed E-state index contributed by atoms with van der Waals surface area (Å²) >= 11 is 0. The predicted octanol–water partition coefficient (Wildman–Crippen LogP) is 1.26. The molecular formula is C13H24N2O4. The average molecular weight is 272 g/mol. The smallest absolute Gasteiger partial charge is 0.319 e. The molecule has 0 saturated carbocycles. The maximum absolute atomic E-state index is 12.2. The van der Waals surface area contributed by atoms with Gasteiger partial charge in [-0.15, -0.1) is 0 Å². The average Bonchev–Trinajstić information content (AvgIpc) is 2.38. The van der Waals surface area contributed by atoms with Crippen molar-refractivity contribution >= 4 is 12.0 Å². The molecule has 1 rings (SSSR count). The number of nitrogens with zero attached hydrogens (tertiary/aromatic N) is 2. The first-order valence-electron chi connectivity index (χ1n) is 6.72. The summed E-state index contributed by atoms with van der Waals surface area (Å²) in [6.45, 7) is 6.17. The molecule has 1 unspecified atom stereocenters. The Morgan fingerprint density at radius 3 is 2.74 bits per heavy atom. The fourth-order valence-corrected chi connectivity index (χ4v) is 2.26. The molecule has 19 heavy (non-hydrogen) atoms. The Kier molecular flexibility index (Phi) is 5.60. The van der Waals surface area contributed by atoms with Crippen LogP contribution in [0.4, 0.5) is 4.79 Å². The summed E-state index contributed by atoms with van der Waals surface area (Å²) in [6.07, 6.45) is 1.35. The number of carbonyl (C=O) groups is 2. The zero-order valence-electron chi connectivity index (χ0n) is 12.0. The molecular weight excluding hydrogens is 248 g/mol. The summed E-state index contributed by atoms with van der Waals surface area (Å²) in [5, 5.41) is 9.24. The summed E-state index contributed by atoms with van der Waals surface area (Å²) in [6, 6.07) is -0.119. The summed E-state index contributed by atoms with van der Waals surface area (Å²) in [5.74, 6) is -0.832.